The molecule has 1 fully saturated rings. The summed E-state index contributed by atoms with van der Waals surface area (Å²) in [6, 6.07) is 7.94. The Hall–Kier alpha value is -3.00. The summed E-state index contributed by atoms with van der Waals surface area (Å²) in [7, 11) is 0. The molecule has 1 aliphatic heterocycles. The van der Waals surface area contributed by atoms with Gasteiger partial charge in [0.2, 0.25) is 0 Å². The van der Waals surface area contributed by atoms with Gasteiger partial charge in [0.25, 0.3) is 11.6 Å². The van der Waals surface area contributed by atoms with E-state index in [0.717, 1.165) is 5.56 Å². The monoisotopic (exact) mass is 329 g/mol. The predicted octanol–water partition coefficient (Wildman–Crippen LogP) is 2.51. The molecule has 0 bridgehead atoms. The van der Waals surface area contributed by atoms with Crippen molar-refractivity contribution < 1.29 is 14.1 Å². The highest BCUT2D eigenvalue weighted by molar-refractivity contribution is 7.80. The fraction of sp³-hybridized carbons (Fsp3) is 0.0667. The highest BCUT2D eigenvalue weighted by Gasteiger charge is 2.21. The maximum atomic E-state index is 11.6. The van der Waals surface area contributed by atoms with Crippen molar-refractivity contribution in [3.05, 3.63) is 57.5 Å². The van der Waals surface area contributed by atoms with Gasteiger partial charge in [0, 0.05) is 23.8 Å². The van der Waals surface area contributed by atoms with E-state index in [4.69, 9.17) is 16.6 Å². The average molecular weight is 329 g/mol. The molecule has 116 valence electrons. The molecular weight excluding hydrogens is 318 g/mol. The Morgan fingerprint density at radius 3 is 2.70 bits per heavy atom. The van der Waals surface area contributed by atoms with E-state index in [2.05, 4.69) is 10.6 Å². The molecule has 1 amide bonds. The van der Waals surface area contributed by atoms with Crippen LogP contribution in [0.25, 0.3) is 17.4 Å². The molecule has 1 aliphatic rings. The summed E-state index contributed by atoms with van der Waals surface area (Å²) in [4.78, 5) is 22.0. The lowest BCUT2D eigenvalue weighted by Gasteiger charge is -2.02. The van der Waals surface area contributed by atoms with Crippen molar-refractivity contribution in [2.24, 2.45) is 0 Å². The van der Waals surface area contributed by atoms with Crippen LogP contribution >= 0.6 is 12.2 Å². The van der Waals surface area contributed by atoms with Gasteiger partial charge >= 0.3 is 0 Å². The van der Waals surface area contributed by atoms with Gasteiger partial charge in [-0.15, -0.1) is 0 Å². The van der Waals surface area contributed by atoms with Crippen LogP contribution in [0.3, 0.4) is 0 Å². The van der Waals surface area contributed by atoms with E-state index in [9.17, 15) is 14.9 Å². The molecular formula is C15H11N3O4S. The van der Waals surface area contributed by atoms with Crippen molar-refractivity contribution in [3.63, 3.8) is 0 Å². The lowest BCUT2D eigenvalue weighted by atomic mass is 10.1. The van der Waals surface area contributed by atoms with Crippen LogP contribution < -0.4 is 10.6 Å². The molecule has 0 atom stereocenters. The van der Waals surface area contributed by atoms with Crippen LogP contribution in [0.15, 0.2) is 40.4 Å². The van der Waals surface area contributed by atoms with Gasteiger partial charge in [-0.2, -0.15) is 0 Å². The Balaban J connectivity index is 1.95. The second kappa shape index (κ2) is 5.65. The summed E-state index contributed by atoms with van der Waals surface area (Å²) in [5.41, 5.74) is 1.75. The molecule has 1 aromatic carbocycles. The first kappa shape index (κ1) is 14.9. The molecule has 1 aromatic heterocycles. The van der Waals surface area contributed by atoms with E-state index in [1.807, 2.05) is 6.92 Å². The van der Waals surface area contributed by atoms with Crippen LogP contribution in [-0.2, 0) is 4.79 Å². The van der Waals surface area contributed by atoms with Crippen molar-refractivity contribution >= 4 is 35.0 Å². The number of hydrogen-bond acceptors (Lipinski definition) is 5. The second-order valence-corrected chi connectivity index (χ2v) is 5.33. The highest BCUT2D eigenvalue weighted by Crippen LogP contribution is 2.29. The first-order valence-electron chi connectivity index (χ1n) is 6.63. The Bertz CT molecular complexity index is 869. The van der Waals surface area contributed by atoms with Crippen LogP contribution in [0, 0.1) is 17.0 Å². The molecule has 2 aromatic rings. The lowest BCUT2D eigenvalue weighted by molar-refractivity contribution is -0.384. The van der Waals surface area contributed by atoms with Crippen LogP contribution in [0.2, 0.25) is 0 Å². The number of non-ortho nitro benzene ring substituents is 1. The van der Waals surface area contributed by atoms with Gasteiger partial charge in [0.05, 0.1) is 4.92 Å². The standard InChI is InChI=1S/C15H11N3O4S/c1-8-2-3-9(18(20)21)6-11(8)13-5-4-10(22-13)7-12-14(19)17-15(23)16-12/h2-7H,1H3,(H2,16,17,19,23). The van der Waals surface area contributed by atoms with Gasteiger partial charge in [-0.3, -0.25) is 20.2 Å². The molecule has 0 spiro atoms. The number of furan rings is 1. The number of aryl methyl sites for hydroxylation is 1. The summed E-state index contributed by atoms with van der Waals surface area (Å²) in [6.45, 7) is 1.84. The Morgan fingerprint density at radius 2 is 2.04 bits per heavy atom. The predicted molar refractivity (Wildman–Crippen MR) is 87.4 cm³/mol. The summed E-state index contributed by atoms with van der Waals surface area (Å²) >= 11 is 4.85. The SMILES string of the molecule is Cc1ccc([N+](=O)[O-])cc1-c1ccc(C=C2NC(=S)NC2=O)o1. The number of rotatable bonds is 3. The van der Waals surface area contributed by atoms with Gasteiger partial charge in [0.1, 0.15) is 17.2 Å². The third kappa shape index (κ3) is 2.97. The Morgan fingerprint density at radius 1 is 1.26 bits per heavy atom. The van der Waals surface area contributed by atoms with Crippen LogP contribution in [-0.4, -0.2) is 15.9 Å². The third-order valence-corrected chi connectivity index (χ3v) is 3.53. The molecule has 0 unspecified atom stereocenters. The van der Waals surface area contributed by atoms with Crippen LogP contribution in [0.5, 0.6) is 0 Å². The first-order valence-corrected chi connectivity index (χ1v) is 7.04. The first-order chi connectivity index (χ1) is 10.9. The maximum Gasteiger partial charge on any atom is 0.274 e. The van der Waals surface area contributed by atoms with Gasteiger partial charge in [-0.05, 0) is 36.8 Å². The molecule has 3 rings (SSSR count). The molecule has 0 radical (unpaired) electrons. The van der Waals surface area contributed by atoms with E-state index in [0.29, 0.717) is 17.1 Å². The zero-order valence-electron chi connectivity index (χ0n) is 12.0. The summed E-state index contributed by atoms with van der Waals surface area (Å²) < 4.78 is 5.67. The van der Waals surface area contributed by atoms with Crippen molar-refractivity contribution in [2.75, 3.05) is 0 Å². The quantitative estimate of drug-likeness (QED) is 0.389. The van der Waals surface area contributed by atoms with Crippen molar-refractivity contribution in [1.29, 1.82) is 0 Å². The number of amides is 1. The fourth-order valence-electron chi connectivity index (χ4n) is 2.19. The normalized spacial score (nSPS) is 15.6. The number of thiocarbonyl (C=S) groups is 1. The number of nitrogens with zero attached hydrogens (tertiary/aromatic N) is 1. The second-order valence-electron chi connectivity index (χ2n) is 4.92. The van der Waals surface area contributed by atoms with E-state index in [1.165, 1.54) is 18.2 Å². The molecule has 1 saturated heterocycles. The van der Waals surface area contributed by atoms with Crippen LogP contribution in [0.1, 0.15) is 11.3 Å². The number of nitro benzene ring substituents is 1. The van der Waals surface area contributed by atoms with Crippen molar-refractivity contribution in [1.82, 2.24) is 10.6 Å². The summed E-state index contributed by atoms with van der Waals surface area (Å²) in [5, 5.41) is 16.3. The van der Waals surface area contributed by atoms with Crippen molar-refractivity contribution in [2.45, 2.75) is 6.92 Å². The third-order valence-electron chi connectivity index (χ3n) is 3.33. The van der Waals surface area contributed by atoms with E-state index in [1.54, 1.807) is 18.2 Å². The summed E-state index contributed by atoms with van der Waals surface area (Å²) in [5.74, 6) is 0.590. The fourth-order valence-corrected chi connectivity index (χ4v) is 2.39. The van der Waals surface area contributed by atoms with Crippen LogP contribution in [0.4, 0.5) is 5.69 Å². The number of nitrogens with one attached hydrogen (secondary N) is 2. The molecule has 0 aliphatic carbocycles. The number of hydrogen-bond donors (Lipinski definition) is 2. The van der Waals surface area contributed by atoms with Gasteiger partial charge < -0.3 is 9.73 Å². The maximum absolute atomic E-state index is 11.6. The minimum Gasteiger partial charge on any atom is -0.457 e. The highest BCUT2D eigenvalue weighted by atomic mass is 32.1. The number of benzene rings is 1. The van der Waals surface area contributed by atoms with Gasteiger partial charge in [-0.25, -0.2) is 0 Å². The van der Waals surface area contributed by atoms with E-state index < -0.39 is 4.92 Å². The minimum atomic E-state index is -0.456. The largest absolute Gasteiger partial charge is 0.457 e. The smallest absolute Gasteiger partial charge is 0.274 e. The topological polar surface area (TPSA) is 97.4 Å². The van der Waals surface area contributed by atoms with E-state index >= 15 is 0 Å². The van der Waals surface area contributed by atoms with Gasteiger partial charge in [0.15, 0.2) is 5.11 Å². The lowest BCUT2D eigenvalue weighted by Crippen LogP contribution is -2.21. The zero-order chi connectivity index (χ0) is 16.6. The zero-order valence-corrected chi connectivity index (χ0v) is 12.8. The number of carbonyl (C=O) groups excluding carboxylic acids is 1. The van der Waals surface area contributed by atoms with Gasteiger partial charge in [-0.1, -0.05) is 6.07 Å². The Labute approximate surface area is 136 Å². The number of nitro groups is 1. The molecule has 2 heterocycles. The molecule has 7 nitrogen and oxygen atoms in total. The minimum absolute atomic E-state index is 0.0101. The molecule has 8 heteroatoms. The van der Waals surface area contributed by atoms with Crippen molar-refractivity contribution in [3.8, 4) is 11.3 Å². The number of carbonyl (C=O) groups is 1. The molecule has 2 N–H and O–H groups in total. The van der Waals surface area contributed by atoms with E-state index in [-0.39, 0.29) is 22.4 Å². The molecule has 23 heavy (non-hydrogen) atoms. The average Bonchev–Trinajstić information content (AvgIpc) is 3.06. The Kier molecular flexibility index (Phi) is 3.67. The molecule has 0 saturated carbocycles. The summed E-state index contributed by atoms with van der Waals surface area (Å²) in [6.07, 6.45) is 1.52.